The van der Waals surface area contributed by atoms with Crippen molar-refractivity contribution in [2.75, 3.05) is 19.6 Å². The van der Waals surface area contributed by atoms with Crippen LogP contribution in [0.5, 0.6) is 0 Å². The molecule has 0 aliphatic carbocycles. The number of aromatic nitrogens is 1. The van der Waals surface area contributed by atoms with E-state index in [1.54, 1.807) is 0 Å². The summed E-state index contributed by atoms with van der Waals surface area (Å²) in [6.07, 6.45) is 5.45. The third-order valence-electron chi connectivity index (χ3n) is 5.07. The van der Waals surface area contributed by atoms with Gasteiger partial charge in [0.2, 0.25) is 5.91 Å². The number of nitrogens with zero attached hydrogens (tertiary/aromatic N) is 2. The number of carbonyl (C=O) groups excluding carboxylic acids is 1. The van der Waals surface area contributed by atoms with E-state index in [2.05, 4.69) is 28.4 Å². The fourth-order valence-corrected chi connectivity index (χ4v) is 4.83. The van der Waals surface area contributed by atoms with Crippen LogP contribution in [-0.4, -0.2) is 41.5 Å². The van der Waals surface area contributed by atoms with Gasteiger partial charge in [-0.05, 0) is 44.4 Å². The Hall–Kier alpha value is -1.46. The van der Waals surface area contributed by atoms with E-state index < -0.39 is 0 Å². The lowest BCUT2D eigenvalue weighted by molar-refractivity contribution is -0.135. The van der Waals surface area contributed by atoms with Crippen molar-refractivity contribution in [1.82, 2.24) is 15.2 Å². The molecule has 5 heteroatoms. The maximum absolute atomic E-state index is 12.6. The van der Waals surface area contributed by atoms with Crippen molar-refractivity contribution >= 4 is 27.5 Å². The molecule has 0 saturated carbocycles. The average molecular weight is 329 g/mol. The molecule has 3 heterocycles. The Labute approximate surface area is 140 Å². The van der Waals surface area contributed by atoms with Crippen LogP contribution in [0.15, 0.2) is 24.3 Å². The minimum absolute atomic E-state index is 0.0581. The number of fused-ring (bicyclic) bond motifs is 1. The monoisotopic (exact) mass is 329 g/mol. The van der Waals surface area contributed by atoms with Crippen LogP contribution < -0.4 is 5.32 Å². The Morgan fingerprint density at radius 2 is 2.00 bits per heavy atom. The highest BCUT2D eigenvalue weighted by Crippen LogP contribution is 2.34. The number of thiazole rings is 1. The van der Waals surface area contributed by atoms with Gasteiger partial charge in [-0.1, -0.05) is 18.6 Å². The van der Waals surface area contributed by atoms with Gasteiger partial charge in [0, 0.05) is 19.0 Å². The first-order chi connectivity index (χ1) is 11.3. The first kappa shape index (κ1) is 15.1. The molecule has 0 spiro atoms. The molecule has 1 unspecified atom stereocenters. The zero-order valence-corrected chi connectivity index (χ0v) is 14.1. The quantitative estimate of drug-likeness (QED) is 0.920. The zero-order chi connectivity index (χ0) is 15.6. The molecule has 1 aromatic carbocycles. The zero-order valence-electron chi connectivity index (χ0n) is 13.3. The van der Waals surface area contributed by atoms with Crippen LogP contribution in [0.25, 0.3) is 10.2 Å². The number of carbonyl (C=O) groups is 1. The largest absolute Gasteiger partial charge is 0.341 e. The van der Waals surface area contributed by atoms with Crippen LogP contribution in [0.3, 0.4) is 0 Å². The summed E-state index contributed by atoms with van der Waals surface area (Å²) < 4.78 is 1.27. The van der Waals surface area contributed by atoms with Crippen LogP contribution in [-0.2, 0) is 4.79 Å². The topological polar surface area (TPSA) is 45.2 Å². The molecule has 23 heavy (non-hydrogen) atoms. The Bertz CT molecular complexity index is 651. The van der Waals surface area contributed by atoms with Crippen molar-refractivity contribution in [3.63, 3.8) is 0 Å². The number of hydrogen-bond donors (Lipinski definition) is 1. The number of hydrogen-bond acceptors (Lipinski definition) is 4. The van der Waals surface area contributed by atoms with E-state index in [9.17, 15) is 4.79 Å². The minimum Gasteiger partial charge on any atom is -0.341 e. The van der Waals surface area contributed by atoms with E-state index in [1.165, 1.54) is 22.5 Å². The first-order valence-electron chi connectivity index (χ1n) is 8.69. The molecule has 2 fully saturated rings. The molecule has 2 saturated heterocycles. The molecular formula is C18H23N3OS. The lowest BCUT2D eigenvalue weighted by Gasteiger charge is -2.35. The Morgan fingerprint density at radius 1 is 1.17 bits per heavy atom. The highest BCUT2D eigenvalue weighted by Gasteiger charge is 2.30. The fourth-order valence-electron chi connectivity index (χ4n) is 3.69. The fraction of sp³-hybridized carbons (Fsp3) is 0.556. The summed E-state index contributed by atoms with van der Waals surface area (Å²) in [4.78, 5) is 19.4. The molecule has 1 amide bonds. The molecule has 1 N–H and O–H groups in total. The van der Waals surface area contributed by atoms with Gasteiger partial charge in [-0.25, -0.2) is 4.98 Å². The highest BCUT2D eigenvalue weighted by atomic mass is 32.1. The van der Waals surface area contributed by atoms with Gasteiger partial charge in [-0.15, -0.1) is 11.3 Å². The number of rotatable bonds is 2. The molecule has 1 aromatic heterocycles. The summed E-state index contributed by atoms with van der Waals surface area (Å²) in [7, 11) is 0. The maximum Gasteiger partial charge on any atom is 0.239 e. The predicted molar refractivity (Wildman–Crippen MR) is 93.8 cm³/mol. The molecule has 1 atom stereocenters. The second-order valence-corrected chi connectivity index (χ2v) is 7.68. The predicted octanol–water partition coefficient (Wildman–Crippen LogP) is 3.14. The lowest BCUT2D eigenvalue weighted by Crippen LogP contribution is -2.50. The SMILES string of the molecule is O=C(C1CCCCN1)N1CCC(c2nc3ccccc3s2)CC1. The third-order valence-corrected chi connectivity index (χ3v) is 6.27. The third kappa shape index (κ3) is 3.12. The van der Waals surface area contributed by atoms with Crippen LogP contribution in [0.2, 0.25) is 0 Å². The van der Waals surface area contributed by atoms with E-state index in [1.807, 2.05) is 17.4 Å². The standard InChI is InChI=1S/C18H23N3OS/c22-18(15-6-3-4-10-19-15)21-11-8-13(9-12-21)17-20-14-5-1-2-7-16(14)23-17/h1-2,5,7,13,15,19H,3-4,6,8-12H2. The van der Waals surface area contributed by atoms with Gasteiger partial charge in [0.15, 0.2) is 0 Å². The van der Waals surface area contributed by atoms with E-state index in [0.717, 1.165) is 44.4 Å². The van der Waals surface area contributed by atoms with Crippen molar-refractivity contribution in [3.8, 4) is 0 Å². The smallest absolute Gasteiger partial charge is 0.239 e. The first-order valence-corrected chi connectivity index (χ1v) is 9.50. The van der Waals surface area contributed by atoms with E-state index in [0.29, 0.717) is 11.8 Å². The van der Waals surface area contributed by atoms with Crippen molar-refractivity contribution in [1.29, 1.82) is 0 Å². The van der Waals surface area contributed by atoms with Crippen molar-refractivity contribution in [3.05, 3.63) is 29.3 Å². The molecular weight excluding hydrogens is 306 g/mol. The summed E-state index contributed by atoms with van der Waals surface area (Å²) in [5, 5.41) is 4.62. The van der Waals surface area contributed by atoms with E-state index >= 15 is 0 Å². The van der Waals surface area contributed by atoms with Crippen LogP contribution in [0.1, 0.15) is 43.0 Å². The summed E-state index contributed by atoms with van der Waals surface area (Å²) in [6, 6.07) is 8.40. The number of para-hydroxylation sites is 1. The van der Waals surface area contributed by atoms with E-state index in [4.69, 9.17) is 4.98 Å². The molecule has 4 nitrogen and oxygen atoms in total. The Kier molecular flexibility index (Phi) is 4.31. The second-order valence-electron chi connectivity index (χ2n) is 6.62. The number of benzene rings is 1. The second kappa shape index (κ2) is 6.57. The van der Waals surface area contributed by atoms with E-state index in [-0.39, 0.29) is 6.04 Å². The van der Waals surface area contributed by atoms with Crippen molar-refractivity contribution < 1.29 is 4.79 Å². The average Bonchev–Trinajstić information content (AvgIpc) is 3.06. The highest BCUT2D eigenvalue weighted by molar-refractivity contribution is 7.18. The molecule has 122 valence electrons. The Morgan fingerprint density at radius 3 is 2.74 bits per heavy atom. The summed E-state index contributed by atoms with van der Waals surface area (Å²) in [6.45, 7) is 2.73. The molecule has 4 rings (SSSR count). The number of amides is 1. The van der Waals surface area contributed by atoms with Crippen LogP contribution in [0, 0.1) is 0 Å². The molecule has 0 bridgehead atoms. The summed E-state index contributed by atoms with van der Waals surface area (Å²) in [5.74, 6) is 0.822. The van der Waals surface area contributed by atoms with Gasteiger partial charge in [0.05, 0.1) is 21.3 Å². The summed E-state index contributed by atoms with van der Waals surface area (Å²) >= 11 is 1.81. The molecule has 2 aliphatic rings. The number of piperidine rings is 2. The van der Waals surface area contributed by atoms with Gasteiger partial charge in [-0.3, -0.25) is 4.79 Å². The van der Waals surface area contributed by atoms with Gasteiger partial charge in [0.1, 0.15) is 0 Å². The van der Waals surface area contributed by atoms with Crippen LogP contribution in [0.4, 0.5) is 0 Å². The van der Waals surface area contributed by atoms with Crippen molar-refractivity contribution in [2.45, 2.75) is 44.1 Å². The van der Waals surface area contributed by atoms with Gasteiger partial charge < -0.3 is 10.2 Å². The van der Waals surface area contributed by atoms with Gasteiger partial charge in [-0.2, -0.15) is 0 Å². The molecule has 2 aliphatic heterocycles. The van der Waals surface area contributed by atoms with Crippen LogP contribution >= 0.6 is 11.3 Å². The van der Waals surface area contributed by atoms with Gasteiger partial charge in [0.25, 0.3) is 0 Å². The minimum atomic E-state index is 0.0581. The molecule has 0 radical (unpaired) electrons. The lowest BCUT2D eigenvalue weighted by atomic mass is 9.96. The molecule has 2 aromatic rings. The van der Waals surface area contributed by atoms with Crippen molar-refractivity contribution in [2.24, 2.45) is 0 Å². The number of nitrogens with one attached hydrogen (secondary N) is 1. The number of likely N-dealkylation sites (tertiary alicyclic amines) is 1. The summed E-state index contributed by atoms with van der Waals surface area (Å²) in [5.41, 5.74) is 1.11. The normalized spacial score (nSPS) is 23.3. The maximum atomic E-state index is 12.6. The Balaban J connectivity index is 1.39. The van der Waals surface area contributed by atoms with Gasteiger partial charge >= 0.3 is 0 Å².